The van der Waals surface area contributed by atoms with E-state index in [1.165, 1.54) is 4.90 Å². The number of nitrogen functional groups attached to an aromatic ring is 1. The fraction of sp³-hybridized carbons (Fsp3) is 0.333. The number of amides is 3. The zero-order valence-corrected chi connectivity index (χ0v) is 21.3. The molecule has 0 radical (unpaired) electrons. The van der Waals surface area contributed by atoms with Crippen LogP contribution in [-0.4, -0.2) is 28.1 Å². The van der Waals surface area contributed by atoms with Gasteiger partial charge in [-0.2, -0.15) is 4.37 Å². The summed E-state index contributed by atoms with van der Waals surface area (Å²) in [6.07, 6.45) is 5.11. The van der Waals surface area contributed by atoms with Crippen LogP contribution >= 0.6 is 11.5 Å². The molecule has 1 saturated carbocycles. The monoisotopic (exact) mass is 505 g/mol. The van der Waals surface area contributed by atoms with Gasteiger partial charge in [-0.3, -0.25) is 19.3 Å². The lowest BCUT2D eigenvalue weighted by molar-refractivity contribution is -0.123. The summed E-state index contributed by atoms with van der Waals surface area (Å²) in [4.78, 5) is 41.2. The minimum atomic E-state index is -0.957. The Morgan fingerprint density at radius 1 is 0.972 bits per heavy atom. The number of nitrogens with two attached hydrogens (primary N) is 2. The van der Waals surface area contributed by atoms with Crippen LogP contribution in [0.2, 0.25) is 0 Å². The first-order valence-electron chi connectivity index (χ1n) is 12.1. The van der Waals surface area contributed by atoms with E-state index >= 15 is 0 Å². The molecule has 188 valence electrons. The van der Waals surface area contributed by atoms with Crippen molar-refractivity contribution in [2.45, 2.75) is 58.0 Å². The summed E-state index contributed by atoms with van der Waals surface area (Å²) in [6, 6.07) is 14.0. The second kappa shape index (κ2) is 10.9. The van der Waals surface area contributed by atoms with Gasteiger partial charge < -0.3 is 16.8 Å². The zero-order valence-electron chi connectivity index (χ0n) is 20.5. The second-order valence-corrected chi connectivity index (χ2v) is 10.1. The number of hydrogen-bond acceptors (Lipinski definition) is 6. The van der Waals surface area contributed by atoms with E-state index < -0.39 is 17.9 Å². The lowest BCUT2D eigenvalue weighted by atomic mass is 9.94. The fourth-order valence-corrected chi connectivity index (χ4v) is 5.26. The van der Waals surface area contributed by atoms with Crippen LogP contribution in [0.3, 0.4) is 0 Å². The molecule has 1 fully saturated rings. The average molecular weight is 506 g/mol. The van der Waals surface area contributed by atoms with Gasteiger partial charge in [0.15, 0.2) is 5.69 Å². The van der Waals surface area contributed by atoms with Gasteiger partial charge in [0.25, 0.3) is 11.8 Å². The molecule has 0 unspecified atom stereocenters. The van der Waals surface area contributed by atoms with Crippen molar-refractivity contribution < 1.29 is 14.4 Å². The normalized spacial score (nSPS) is 14.7. The van der Waals surface area contributed by atoms with Gasteiger partial charge in [0.2, 0.25) is 5.91 Å². The van der Waals surface area contributed by atoms with Gasteiger partial charge in [-0.15, -0.1) is 0 Å². The van der Waals surface area contributed by atoms with E-state index in [4.69, 9.17) is 11.5 Å². The number of nitrogens with zero attached hydrogens (tertiary/aromatic N) is 2. The summed E-state index contributed by atoms with van der Waals surface area (Å²) in [7, 11) is 0. The van der Waals surface area contributed by atoms with Gasteiger partial charge in [-0.1, -0.05) is 66.8 Å². The van der Waals surface area contributed by atoms with Gasteiger partial charge >= 0.3 is 0 Å². The number of anilines is 2. The predicted molar refractivity (Wildman–Crippen MR) is 142 cm³/mol. The van der Waals surface area contributed by atoms with Gasteiger partial charge in [0.05, 0.1) is 5.69 Å². The number of aryl methyl sites for hydroxylation is 2. The van der Waals surface area contributed by atoms with Crippen LogP contribution in [0.5, 0.6) is 0 Å². The van der Waals surface area contributed by atoms with Crippen molar-refractivity contribution in [2.75, 3.05) is 10.6 Å². The van der Waals surface area contributed by atoms with Crippen molar-refractivity contribution in [3.05, 3.63) is 75.8 Å². The summed E-state index contributed by atoms with van der Waals surface area (Å²) in [5.74, 6) is -1.60. The molecule has 2 aromatic carbocycles. The van der Waals surface area contributed by atoms with E-state index in [0.29, 0.717) is 11.3 Å². The average Bonchev–Trinajstić information content (AvgIpc) is 3.26. The predicted octanol–water partition coefficient (Wildman–Crippen LogP) is 4.28. The standard InChI is InChI=1S/C27H31N5O3S/c1-16-8-12-18(13-9-16)23(26(34)30-19-6-4-3-5-7-19)32(20-14-10-17(2)11-15-20)27(35)24-21(28)22(25(29)33)31-36-24/h8-15,19,23H,3-7,28H2,1-2H3,(H2,29,33)(H,30,34)/t23-/m1/s1. The molecule has 1 aromatic heterocycles. The van der Waals surface area contributed by atoms with Crippen LogP contribution in [0.25, 0.3) is 0 Å². The highest BCUT2D eigenvalue weighted by Gasteiger charge is 2.36. The minimum absolute atomic E-state index is 0.0594. The number of carbonyl (C=O) groups is 3. The van der Waals surface area contributed by atoms with Gasteiger partial charge in [-0.25, -0.2) is 0 Å². The third kappa shape index (κ3) is 5.41. The van der Waals surface area contributed by atoms with Gasteiger partial charge in [0.1, 0.15) is 10.9 Å². The van der Waals surface area contributed by atoms with Crippen molar-refractivity contribution >= 4 is 40.6 Å². The maximum atomic E-state index is 14.0. The van der Waals surface area contributed by atoms with Crippen molar-refractivity contribution in [2.24, 2.45) is 5.73 Å². The summed E-state index contributed by atoms with van der Waals surface area (Å²) in [5.41, 5.74) is 14.5. The van der Waals surface area contributed by atoms with E-state index in [2.05, 4.69) is 9.69 Å². The SMILES string of the molecule is Cc1ccc([C@H](C(=O)NC2CCCCC2)N(C(=O)c2snc(C(N)=O)c2N)c2ccc(C)cc2)cc1. The first kappa shape index (κ1) is 25.4. The molecular weight excluding hydrogens is 474 g/mol. The molecule has 36 heavy (non-hydrogen) atoms. The molecule has 4 rings (SSSR count). The van der Waals surface area contributed by atoms with E-state index in [0.717, 1.165) is 54.8 Å². The zero-order chi connectivity index (χ0) is 25.8. The van der Waals surface area contributed by atoms with Crippen LogP contribution in [-0.2, 0) is 4.79 Å². The number of carbonyl (C=O) groups excluding carboxylic acids is 3. The number of rotatable bonds is 7. The van der Waals surface area contributed by atoms with E-state index in [9.17, 15) is 14.4 Å². The van der Waals surface area contributed by atoms with Gasteiger partial charge in [0, 0.05) is 11.7 Å². The molecule has 1 heterocycles. The third-order valence-electron chi connectivity index (χ3n) is 6.54. The lowest BCUT2D eigenvalue weighted by Gasteiger charge is -2.33. The van der Waals surface area contributed by atoms with Crippen LogP contribution < -0.4 is 21.7 Å². The number of aromatic nitrogens is 1. The number of nitrogens with one attached hydrogen (secondary N) is 1. The first-order valence-corrected chi connectivity index (χ1v) is 12.9. The number of hydrogen-bond donors (Lipinski definition) is 3. The summed E-state index contributed by atoms with van der Waals surface area (Å²) in [6.45, 7) is 3.91. The fourth-order valence-electron chi connectivity index (χ4n) is 4.52. The van der Waals surface area contributed by atoms with Crippen LogP contribution in [0, 0.1) is 13.8 Å². The van der Waals surface area contributed by atoms with Crippen LogP contribution in [0.15, 0.2) is 48.5 Å². The molecule has 3 amide bonds. The van der Waals surface area contributed by atoms with Crippen LogP contribution in [0.4, 0.5) is 11.4 Å². The van der Waals surface area contributed by atoms with E-state index in [-0.39, 0.29) is 28.2 Å². The highest BCUT2D eigenvalue weighted by Crippen LogP contribution is 2.34. The van der Waals surface area contributed by atoms with Crippen molar-refractivity contribution in [3.8, 4) is 0 Å². The van der Waals surface area contributed by atoms with Crippen molar-refractivity contribution in [3.63, 3.8) is 0 Å². The van der Waals surface area contributed by atoms with Crippen LogP contribution in [0.1, 0.15) is 75.0 Å². The smallest absolute Gasteiger partial charge is 0.273 e. The summed E-state index contributed by atoms with van der Waals surface area (Å²) in [5, 5.41) is 3.19. The Morgan fingerprint density at radius 3 is 2.11 bits per heavy atom. The quantitative estimate of drug-likeness (QED) is 0.441. The number of primary amides is 1. The molecule has 1 aliphatic rings. The van der Waals surface area contributed by atoms with Crippen molar-refractivity contribution in [1.82, 2.24) is 9.69 Å². The molecule has 5 N–H and O–H groups in total. The molecule has 0 saturated heterocycles. The largest absolute Gasteiger partial charge is 0.395 e. The Bertz CT molecular complexity index is 1250. The Hall–Kier alpha value is -3.72. The summed E-state index contributed by atoms with van der Waals surface area (Å²) >= 11 is 0.802. The van der Waals surface area contributed by atoms with E-state index in [1.54, 1.807) is 12.1 Å². The first-order chi connectivity index (χ1) is 17.3. The maximum absolute atomic E-state index is 14.0. The molecule has 8 nitrogen and oxygen atoms in total. The molecule has 1 aliphatic carbocycles. The maximum Gasteiger partial charge on any atom is 0.273 e. The highest BCUT2D eigenvalue weighted by atomic mass is 32.1. The minimum Gasteiger partial charge on any atom is -0.395 e. The molecule has 9 heteroatoms. The van der Waals surface area contributed by atoms with E-state index in [1.807, 2.05) is 50.2 Å². The topological polar surface area (TPSA) is 131 Å². The Kier molecular flexibility index (Phi) is 7.69. The molecule has 0 bridgehead atoms. The molecule has 3 aromatic rings. The Labute approximate surface area is 214 Å². The van der Waals surface area contributed by atoms with Crippen molar-refractivity contribution in [1.29, 1.82) is 0 Å². The highest BCUT2D eigenvalue weighted by molar-refractivity contribution is 7.09. The van der Waals surface area contributed by atoms with Gasteiger partial charge in [-0.05, 0) is 55.9 Å². The summed E-state index contributed by atoms with van der Waals surface area (Å²) < 4.78 is 4.00. The molecular formula is C27H31N5O3S. The molecule has 1 atom stereocenters. The third-order valence-corrected chi connectivity index (χ3v) is 7.39. The number of benzene rings is 2. The Balaban J connectivity index is 1.83. The second-order valence-electron chi connectivity index (χ2n) is 9.31. The molecule has 0 aliphatic heterocycles. The lowest BCUT2D eigenvalue weighted by Crippen LogP contribution is -2.47. The Morgan fingerprint density at radius 2 is 1.56 bits per heavy atom. The molecule has 0 spiro atoms.